The molecule has 0 saturated heterocycles. The normalized spacial score (nSPS) is 15.2. The summed E-state index contributed by atoms with van der Waals surface area (Å²) in [6.07, 6.45) is 2.42. The molecule has 1 aromatic rings. The van der Waals surface area contributed by atoms with Gasteiger partial charge < -0.3 is 5.32 Å². The Balaban J connectivity index is 1.70. The molecule has 0 heterocycles. The third-order valence-electron chi connectivity index (χ3n) is 3.11. The highest BCUT2D eigenvalue weighted by atomic mass is 32.2. The standard InChI is InChI=1S/C14H19NO3S/c16-14(13-7-8-13)15-9-4-10-19(17,18)11-12-5-2-1-3-6-12/h1-3,5-6,13H,4,7-11H2,(H,15,16). The first-order valence-electron chi connectivity index (χ1n) is 6.59. The van der Waals surface area contributed by atoms with E-state index in [1.54, 1.807) is 0 Å². The van der Waals surface area contributed by atoms with Gasteiger partial charge in [-0.25, -0.2) is 8.42 Å². The van der Waals surface area contributed by atoms with E-state index in [1.807, 2.05) is 30.3 Å². The predicted octanol–water partition coefficient (Wildman–Crippen LogP) is 1.52. The average Bonchev–Trinajstić information content (AvgIpc) is 3.19. The Kier molecular flexibility index (Phi) is 4.58. The molecular weight excluding hydrogens is 262 g/mol. The summed E-state index contributed by atoms with van der Waals surface area (Å²) in [5, 5.41) is 2.78. The summed E-state index contributed by atoms with van der Waals surface area (Å²) in [5.74, 6) is 0.443. The van der Waals surface area contributed by atoms with E-state index in [0.717, 1.165) is 18.4 Å². The van der Waals surface area contributed by atoms with Crippen LogP contribution in [0.2, 0.25) is 0 Å². The van der Waals surface area contributed by atoms with Crippen molar-refractivity contribution in [1.29, 1.82) is 0 Å². The molecule has 1 aliphatic rings. The molecule has 1 N–H and O–H groups in total. The van der Waals surface area contributed by atoms with Gasteiger partial charge in [-0.2, -0.15) is 0 Å². The molecule has 1 aromatic carbocycles. The van der Waals surface area contributed by atoms with E-state index < -0.39 is 9.84 Å². The number of rotatable bonds is 7. The highest BCUT2D eigenvalue weighted by molar-refractivity contribution is 7.90. The van der Waals surface area contributed by atoms with E-state index in [1.165, 1.54) is 0 Å². The molecule has 0 bridgehead atoms. The van der Waals surface area contributed by atoms with Crippen LogP contribution in [0.5, 0.6) is 0 Å². The maximum atomic E-state index is 11.9. The summed E-state index contributed by atoms with van der Waals surface area (Å²) in [7, 11) is -3.09. The number of sulfone groups is 1. The van der Waals surface area contributed by atoms with Gasteiger partial charge in [-0.15, -0.1) is 0 Å². The fourth-order valence-corrected chi connectivity index (χ4v) is 3.32. The van der Waals surface area contributed by atoms with Gasteiger partial charge in [0.25, 0.3) is 0 Å². The zero-order chi connectivity index (χ0) is 13.7. The number of benzene rings is 1. The minimum Gasteiger partial charge on any atom is -0.356 e. The number of nitrogens with one attached hydrogen (secondary N) is 1. The highest BCUT2D eigenvalue weighted by Gasteiger charge is 2.29. The molecule has 2 rings (SSSR count). The highest BCUT2D eigenvalue weighted by Crippen LogP contribution is 2.28. The molecule has 1 fully saturated rings. The van der Waals surface area contributed by atoms with Crippen LogP contribution in [0.25, 0.3) is 0 Å². The number of hydrogen-bond donors (Lipinski definition) is 1. The molecule has 0 radical (unpaired) electrons. The van der Waals surface area contributed by atoms with Crippen molar-refractivity contribution in [3.63, 3.8) is 0 Å². The van der Waals surface area contributed by atoms with E-state index >= 15 is 0 Å². The van der Waals surface area contributed by atoms with E-state index in [2.05, 4.69) is 5.32 Å². The zero-order valence-corrected chi connectivity index (χ0v) is 11.7. The number of amides is 1. The van der Waals surface area contributed by atoms with Gasteiger partial charge in [-0.1, -0.05) is 30.3 Å². The van der Waals surface area contributed by atoms with Crippen molar-refractivity contribution in [2.75, 3.05) is 12.3 Å². The van der Waals surface area contributed by atoms with Crippen LogP contribution in [0, 0.1) is 5.92 Å². The van der Waals surface area contributed by atoms with Crippen LogP contribution in [-0.2, 0) is 20.4 Å². The number of carbonyl (C=O) groups is 1. The first-order valence-corrected chi connectivity index (χ1v) is 8.41. The van der Waals surface area contributed by atoms with E-state index in [9.17, 15) is 13.2 Å². The van der Waals surface area contributed by atoms with E-state index in [4.69, 9.17) is 0 Å². The quantitative estimate of drug-likeness (QED) is 0.771. The zero-order valence-electron chi connectivity index (χ0n) is 10.8. The molecule has 1 saturated carbocycles. The van der Waals surface area contributed by atoms with Crippen LogP contribution in [-0.4, -0.2) is 26.6 Å². The van der Waals surface area contributed by atoms with Gasteiger partial charge >= 0.3 is 0 Å². The van der Waals surface area contributed by atoms with Crippen molar-refractivity contribution in [2.24, 2.45) is 5.92 Å². The first-order chi connectivity index (χ1) is 9.07. The Morgan fingerprint density at radius 1 is 1.21 bits per heavy atom. The predicted molar refractivity (Wildman–Crippen MR) is 74.3 cm³/mol. The van der Waals surface area contributed by atoms with E-state index in [0.29, 0.717) is 13.0 Å². The van der Waals surface area contributed by atoms with Crippen molar-refractivity contribution < 1.29 is 13.2 Å². The fourth-order valence-electron chi connectivity index (χ4n) is 1.89. The van der Waals surface area contributed by atoms with Crippen LogP contribution in [0.15, 0.2) is 30.3 Å². The summed E-state index contributed by atoms with van der Waals surface area (Å²) in [4.78, 5) is 11.4. The molecular formula is C14H19NO3S. The number of carbonyl (C=O) groups excluding carboxylic acids is 1. The summed E-state index contributed by atoms with van der Waals surface area (Å²) in [6, 6.07) is 9.16. The first kappa shape index (κ1) is 14.1. The smallest absolute Gasteiger partial charge is 0.223 e. The lowest BCUT2D eigenvalue weighted by Gasteiger charge is -2.06. The summed E-state index contributed by atoms with van der Waals surface area (Å²) in [6.45, 7) is 0.448. The lowest BCUT2D eigenvalue weighted by atomic mass is 10.2. The molecule has 1 aliphatic carbocycles. The van der Waals surface area contributed by atoms with Gasteiger partial charge in [0.1, 0.15) is 0 Å². The Morgan fingerprint density at radius 3 is 2.53 bits per heavy atom. The number of hydrogen-bond acceptors (Lipinski definition) is 3. The third kappa shape index (κ3) is 5.03. The maximum absolute atomic E-state index is 11.9. The van der Waals surface area contributed by atoms with Gasteiger partial charge in [0, 0.05) is 12.5 Å². The molecule has 104 valence electrons. The van der Waals surface area contributed by atoms with Crippen molar-refractivity contribution in [3.8, 4) is 0 Å². The summed E-state index contributed by atoms with van der Waals surface area (Å²) < 4.78 is 23.8. The Hall–Kier alpha value is -1.36. The molecule has 4 nitrogen and oxygen atoms in total. The Morgan fingerprint density at radius 2 is 1.89 bits per heavy atom. The van der Waals surface area contributed by atoms with Crippen LogP contribution in [0.1, 0.15) is 24.8 Å². The molecule has 0 aliphatic heterocycles. The fraction of sp³-hybridized carbons (Fsp3) is 0.500. The molecule has 19 heavy (non-hydrogen) atoms. The second-order valence-electron chi connectivity index (χ2n) is 5.00. The monoisotopic (exact) mass is 281 g/mol. The lowest BCUT2D eigenvalue weighted by molar-refractivity contribution is -0.122. The third-order valence-corrected chi connectivity index (χ3v) is 4.79. The second kappa shape index (κ2) is 6.19. The van der Waals surface area contributed by atoms with E-state index in [-0.39, 0.29) is 23.3 Å². The largest absolute Gasteiger partial charge is 0.356 e. The Bertz CT molecular complexity index is 521. The molecule has 0 atom stereocenters. The molecule has 0 aromatic heterocycles. The minimum atomic E-state index is -3.09. The topological polar surface area (TPSA) is 63.2 Å². The van der Waals surface area contributed by atoms with Crippen LogP contribution >= 0.6 is 0 Å². The van der Waals surface area contributed by atoms with Gasteiger partial charge in [0.2, 0.25) is 5.91 Å². The summed E-state index contributed by atoms with van der Waals surface area (Å²) >= 11 is 0. The van der Waals surface area contributed by atoms with Crippen molar-refractivity contribution in [1.82, 2.24) is 5.32 Å². The lowest BCUT2D eigenvalue weighted by Crippen LogP contribution is -2.27. The second-order valence-corrected chi connectivity index (χ2v) is 7.18. The van der Waals surface area contributed by atoms with Crippen LogP contribution < -0.4 is 5.32 Å². The maximum Gasteiger partial charge on any atom is 0.223 e. The van der Waals surface area contributed by atoms with Crippen molar-refractivity contribution >= 4 is 15.7 Å². The van der Waals surface area contributed by atoms with Gasteiger partial charge in [0.05, 0.1) is 11.5 Å². The van der Waals surface area contributed by atoms with Gasteiger partial charge in [-0.3, -0.25) is 4.79 Å². The van der Waals surface area contributed by atoms with Crippen LogP contribution in [0.3, 0.4) is 0 Å². The minimum absolute atomic E-state index is 0.0699. The summed E-state index contributed by atoms with van der Waals surface area (Å²) in [5.41, 5.74) is 0.810. The van der Waals surface area contributed by atoms with Crippen LogP contribution in [0.4, 0.5) is 0 Å². The molecule has 1 amide bonds. The molecule has 0 unspecified atom stereocenters. The Labute approximate surface area is 114 Å². The SMILES string of the molecule is O=C(NCCCS(=O)(=O)Cc1ccccc1)C1CC1. The van der Waals surface area contributed by atoms with Gasteiger partial charge in [0.15, 0.2) is 9.84 Å². The van der Waals surface area contributed by atoms with Crippen molar-refractivity contribution in [2.45, 2.75) is 25.0 Å². The average molecular weight is 281 g/mol. The molecule has 0 spiro atoms. The molecule has 5 heteroatoms. The van der Waals surface area contributed by atoms with Crippen molar-refractivity contribution in [3.05, 3.63) is 35.9 Å². The van der Waals surface area contributed by atoms with Gasteiger partial charge in [-0.05, 0) is 24.8 Å².